The first-order chi connectivity index (χ1) is 18.9. The van der Waals surface area contributed by atoms with Gasteiger partial charge in [-0.3, -0.25) is 4.79 Å². The largest absolute Gasteiger partial charge is 1.00 e. The van der Waals surface area contributed by atoms with E-state index in [1.807, 2.05) is 43.3 Å². The fraction of sp³-hybridized carbons (Fsp3) is 0.375. The molecule has 6 nitrogen and oxygen atoms in total. The van der Waals surface area contributed by atoms with E-state index in [1.165, 1.54) is 0 Å². The summed E-state index contributed by atoms with van der Waals surface area (Å²) >= 11 is 6.04. The molecule has 3 aromatic rings. The van der Waals surface area contributed by atoms with Gasteiger partial charge in [-0.25, -0.2) is 0 Å². The Morgan fingerprint density at radius 2 is 1.73 bits per heavy atom. The molecule has 8 heteroatoms. The van der Waals surface area contributed by atoms with E-state index in [9.17, 15) is 14.7 Å². The van der Waals surface area contributed by atoms with E-state index >= 15 is 0 Å². The second-order valence-corrected chi connectivity index (χ2v) is 11.3. The molecular weight excluding hydrogens is 537 g/mol. The average molecular weight is 568 g/mol. The smallest absolute Gasteiger partial charge is 0.549 e. The van der Waals surface area contributed by atoms with E-state index in [-0.39, 0.29) is 35.5 Å². The minimum atomic E-state index is -1.05. The quantitative estimate of drug-likeness (QED) is 0.402. The number of carboxylic acids is 1. The molecule has 202 valence electrons. The number of nitrogens with one attached hydrogen (secondary N) is 1. The Balaban J connectivity index is 0.00000323. The van der Waals surface area contributed by atoms with E-state index in [4.69, 9.17) is 21.1 Å². The van der Waals surface area contributed by atoms with Crippen LogP contribution in [0.3, 0.4) is 0 Å². The maximum atomic E-state index is 12.8. The number of hydrogen-bond donors (Lipinski definition) is 1. The molecule has 1 heterocycles. The monoisotopic (exact) mass is 567 g/mol. The van der Waals surface area contributed by atoms with Crippen LogP contribution >= 0.6 is 11.6 Å². The Kier molecular flexibility index (Phi) is 8.81. The number of carbonyl (C=O) groups excluding carboxylic acids is 2. The Morgan fingerprint density at radius 3 is 2.38 bits per heavy atom. The van der Waals surface area contributed by atoms with Gasteiger partial charge in [0.25, 0.3) is 5.91 Å². The van der Waals surface area contributed by atoms with Crippen molar-refractivity contribution in [3.05, 3.63) is 86.9 Å². The molecule has 1 amide bonds. The summed E-state index contributed by atoms with van der Waals surface area (Å²) in [4.78, 5) is 24.7. The molecule has 3 aromatic carbocycles. The van der Waals surface area contributed by atoms with Gasteiger partial charge < -0.3 is 24.7 Å². The zero-order chi connectivity index (χ0) is 27.1. The molecule has 0 aromatic heterocycles. The molecule has 40 heavy (non-hydrogen) atoms. The number of aliphatic carboxylic acids is 1. The number of benzene rings is 3. The van der Waals surface area contributed by atoms with Crippen LogP contribution in [-0.2, 0) is 11.2 Å². The molecule has 2 saturated carbocycles. The van der Waals surface area contributed by atoms with Gasteiger partial charge >= 0.3 is 29.6 Å². The van der Waals surface area contributed by atoms with Crippen LogP contribution in [0, 0.1) is 6.92 Å². The molecule has 0 bridgehead atoms. The first-order valence-electron chi connectivity index (χ1n) is 13.7. The zero-order valence-electron chi connectivity index (χ0n) is 22.9. The van der Waals surface area contributed by atoms with Crippen molar-refractivity contribution in [2.45, 2.75) is 63.2 Å². The summed E-state index contributed by atoms with van der Waals surface area (Å²) < 4.78 is 12.6. The second-order valence-electron chi connectivity index (χ2n) is 10.9. The minimum Gasteiger partial charge on any atom is -0.549 e. The van der Waals surface area contributed by atoms with Gasteiger partial charge in [0.05, 0.1) is 6.61 Å². The maximum Gasteiger partial charge on any atom is 1.00 e. The van der Waals surface area contributed by atoms with Crippen LogP contribution in [0.1, 0.15) is 88.0 Å². The minimum absolute atomic E-state index is 0. The SMILES string of the molecule is Cc1cc(Cl)ccc1CCNC(=O)c1ccc(Oc2c(C3CC3)cc3c(c2C2CC2)OCCC3C(=O)[O-])cc1.[Na+]. The van der Waals surface area contributed by atoms with Crippen LogP contribution < -0.4 is 49.5 Å². The Labute approximate surface area is 261 Å². The number of hydrogen-bond acceptors (Lipinski definition) is 5. The molecule has 2 fully saturated rings. The number of amides is 1. The van der Waals surface area contributed by atoms with Crippen LogP contribution in [0.5, 0.6) is 17.2 Å². The number of ether oxygens (including phenoxy) is 2. The van der Waals surface area contributed by atoms with Gasteiger partial charge in [0.1, 0.15) is 17.2 Å². The van der Waals surface area contributed by atoms with Gasteiger partial charge in [-0.1, -0.05) is 17.7 Å². The molecule has 1 unspecified atom stereocenters. The summed E-state index contributed by atoms with van der Waals surface area (Å²) in [6.07, 6.45) is 5.33. The molecule has 1 N–H and O–H groups in total. The number of fused-ring (bicyclic) bond motifs is 1. The average Bonchev–Trinajstić information content (AvgIpc) is 3.84. The van der Waals surface area contributed by atoms with E-state index < -0.39 is 11.9 Å². The third-order valence-electron chi connectivity index (χ3n) is 7.96. The van der Waals surface area contributed by atoms with Crippen molar-refractivity contribution in [2.75, 3.05) is 13.2 Å². The zero-order valence-corrected chi connectivity index (χ0v) is 25.7. The summed E-state index contributed by atoms with van der Waals surface area (Å²) in [7, 11) is 0. The van der Waals surface area contributed by atoms with Gasteiger partial charge in [-0.2, -0.15) is 0 Å². The van der Waals surface area contributed by atoms with Crippen LogP contribution in [0.25, 0.3) is 0 Å². The molecule has 0 saturated heterocycles. The van der Waals surface area contributed by atoms with Crippen molar-refractivity contribution >= 4 is 23.5 Å². The normalized spacial score (nSPS) is 17.7. The molecule has 1 atom stereocenters. The predicted molar refractivity (Wildman–Crippen MR) is 147 cm³/mol. The Bertz CT molecular complexity index is 1430. The standard InChI is InChI=1S/C32H32ClNO5.Na/c1-18-16-23(33)9-6-19(18)12-14-34-31(35)22-7-10-24(11-8-22)39-30-26(20-2-3-20)17-27-25(32(36)37)13-15-38-29(27)28(30)21-4-5-21;/h6-11,16-17,20-21,25H,2-5,12-15H2,1H3,(H,34,35)(H,36,37);/q;+1/p-1. The van der Waals surface area contributed by atoms with Gasteiger partial charge in [0, 0.05) is 40.1 Å². The van der Waals surface area contributed by atoms with Crippen molar-refractivity contribution in [2.24, 2.45) is 0 Å². The van der Waals surface area contributed by atoms with Crippen molar-refractivity contribution in [1.29, 1.82) is 0 Å². The molecule has 1 aliphatic heterocycles. The summed E-state index contributed by atoms with van der Waals surface area (Å²) in [6, 6.07) is 14.9. The number of aryl methyl sites for hydroxylation is 1. The van der Waals surface area contributed by atoms with Gasteiger partial charge in [-0.15, -0.1) is 0 Å². The van der Waals surface area contributed by atoms with E-state index in [2.05, 4.69) is 5.32 Å². The summed E-state index contributed by atoms with van der Waals surface area (Å²) in [6.45, 7) is 2.90. The fourth-order valence-electron chi connectivity index (χ4n) is 5.51. The van der Waals surface area contributed by atoms with E-state index in [0.717, 1.165) is 65.7 Å². The summed E-state index contributed by atoms with van der Waals surface area (Å²) in [5.41, 5.74) is 5.62. The van der Waals surface area contributed by atoms with E-state index in [1.54, 1.807) is 12.1 Å². The van der Waals surface area contributed by atoms with Gasteiger partial charge in [-0.05, 0) is 116 Å². The third kappa shape index (κ3) is 6.20. The number of carboxylic acid groups (broad SMARTS) is 1. The Hall–Kier alpha value is -2.51. The molecule has 3 aliphatic rings. The number of carbonyl (C=O) groups is 2. The topological polar surface area (TPSA) is 87.7 Å². The fourth-order valence-corrected chi connectivity index (χ4v) is 5.74. The third-order valence-corrected chi connectivity index (χ3v) is 8.20. The van der Waals surface area contributed by atoms with Crippen molar-refractivity contribution in [3.63, 3.8) is 0 Å². The number of halogens is 1. The van der Waals surface area contributed by atoms with Gasteiger partial charge in [0.2, 0.25) is 0 Å². The number of rotatable bonds is 9. The molecule has 6 rings (SSSR count). The van der Waals surface area contributed by atoms with Gasteiger partial charge in [0.15, 0.2) is 0 Å². The van der Waals surface area contributed by atoms with Crippen LogP contribution in [0.2, 0.25) is 5.02 Å². The molecule has 0 radical (unpaired) electrons. The first kappa shape index (κ1) is 29.0. The first-order valence-corrected chi connectivity index (χ1v) is 14.1. The molecule has 2 aliphatic carbocycles. The van der Waals surface area contributed by atoms with Crippen molar-refractivity contribution in [1.82, 2.24) is 5.32 Å². The Morgan fingerprint density at radius 1 is 1.00 bits per heavy atom. The van der Waals surface area contributed by atoms with E-state index in [0.29, 0.717) is 53.5 Å². The summed E-state index contributed by atoms with van der Waals surface area (Å²) in [5, 5.41) is 15.6. The molecular formula is C32H31ClNNaO5. The molecule has 0 spiro atoms. The van der Waals surface area contributed by atoms with Crippen LogP contribution in [-0.4, -0.2) is 25.0 Å². The van der Waals surface area contributed by atoms with Crippen LogP contribution in [0.4, 0.5) is 0 Å². The van der Waals surface area contributed by atoms with Crippen LogP contribution in [0.15, 0.2) is 48.5 Å². The second kappa shape index (κ2) is 12.2. The predicted octanol–water partition coefficient (Wildman–Crippen LogP) is 2.79. The summed E-state index contributed by atoms with van der Waals surface area (Å²) in [5.74, 6) is 0.940. The van der Waals surface area contributed by atoms with Crippen molar-refractivity contribution < 1.29 is 53.7 Å². The van der Waals surface area contributed by atoms with Crippen molar-refractivity contribution in [3.8, 4) is 17.2 Å². The maximum absolute atomic E-state index is 12.8.